The Morgan fingerprint density at radius 3 is 2.44 bits per heavy atom. The van der Waals surface area contributed by atoms with Gasteiger partial charge in [-0.05, 0) is 30.3 Å². The Hall–Kier alpha value is -3.43. The molecule has 1 aliphatic heterocycles. The lowest BCUT2D eigenvalue weighted by atomic mass is 10.1. The molecule has 2 N–H and O–H groups in total. The van der Waals surface area contributed by atoms with Crippen LogP contribution in [0.4, 0.5) is 29.3 Å². The zero-order valence-electron chi connectivity index (χ0n) is 17.6. The van der Waals surface area contributed by atoms with Crippen LogP contribution < -0.4 is 20.3 Å². The highest BCUT2D eigenvalue weighted by Gasteiger charge is 2.31. The van der Waals surface area contributed by atoms with Crippen LogP contribution in [0.2, 0.25) is 0 Å². The highest BCUT2D eigenvalue weighted by Crippen LogP contribution is 2.31. The molecule has 0 aliphatic carbocycles. The summed E-state index contributed by atoms with van der Waals surface area (Å²) in [6, 6.07) is 11.9. The van der Waals surface area contributed by atoms with E-state index in [1.165, 1.54) is 13.0 Å². The molecule has 0 bridgehead atoms. The standard InChI is InChI=1S/C22H25F3N4O3/c1-16(30)27-18-5-3-7-20(15-18)32-13-8-26-21(31)29-11-9-28(10-12-29)19-6-2-4-17(14-19)22(23,24)25/h2-7,14-15H,8-13H2,1H3,(H,26,31)(H,27,30). The molecule has 0 saturated carbocycles. The second kappa shape index (κ2) is 10.3. The molecule has 0 spiro atoms. The number of halogens is 3. The Bertz CT molecular complexity index is 944. The largest absolute Gasteiger partial charge is 0.492 e. The molecular formula is C22H25F3N4O3. The number of nitrogens with one attached hydrogen (secondary N) is 2. The van der Waals surface area contributed by atoms with Gasteiger partial charge < -0.3 is 25.2 Å². The van der Waals surface area contributed by atoms with Gasteiger partial charge in [0.15, 0.2) is 0 Å². The fourth-order valence-corrected chi connectivity index (χ4v) is 3.35. The molecule has 3 amide bonds. The molecule has 3 rings (SSSR count). The van der Waals surface area contributed by atoms with Gasteiger partial charge in [0.05, 0.1) is 12.1 Å². The molecule has 2 aromatic carbocycles. The minimum absolute atomic E-state index is 0.178. The van der Waals surface area contributed by atoms with E-state index in [0.29, 0.717) is 43.3 Å². The molecule has 32 heavy (non-hydrogen) atoms. The highest BCUT2D eigenvalue weighted by molar-refractivity contribution is 5.88. The van der Waals surface area contributed by atoms with E-state index < -0.39 is 11.7 Å². The van der Waals surface area contributed by atoms with Gasteiger partial charge in [0, 0.05) is 50.5 Å². The van der Waals surface area contributed by atoms with E-state index in [2.05, 4.69) is 10.6 Å². The van der Waals surface area contributed by atoms with Crippen LogP contribution in [0.15, 0.2) is 48.5 Å². The number of anilines is 2. The number of hydrogen-bond donors (Lipinski definition) is 2. The van der Waals surface area contributed by atoms with Crippen LogP contribution in [-0.2, 0) is 11.0 Å². The van der Waals surface area contributed by atoms with Crippen LogP contribution >= 0.6 is 0 Å². The van der Waals surface area contributed by atoms with Gasteiger partial charge in [-0.15, -0.1) is 0 Å². The number of ether oxygens (including phenoxy) is 1. The van der Waals surface area contributed by atoms with Crippen LogP contribution in [0.25, 0.3) is 0 Å². The Morgan fingerprint density at radius 1 is 1.03 bits per heavy atom. The van der Waals surface area contributed by atoms with Crippen LogP contribution in [0.3, 0.4) is 0 Å². The van der Waals surface area contributed by atoms with E-state index in [4.69, 9.17) is 4.74 Å². The number of benzene rings is 2. The van der Waals surface area contributed by atoms with Crippen LogP contribution in [0.5, 0.6) is 5.75 Å². The quantitative estimate of drug-likeness (QED) is 0.660. The van der Waals surface area contributed by atoms with Crippen LogP contribution in [0.1, 0.15) is 12.5 Å². The molecule has 1 heterocycles. The number of amides is 3. The van der Waals surface area contributed by atoms with Crippen molar-refractivity contribution in [1.29, 1.82) is 0 Å². The van der Waals surface area contributed by atoms with Gasteiger partial charge >= 0.3 is 12.2 Å². The molecule has 10 heteroatoms. The van der Waals surface area contributed by atoms with E-state index in [1.807, 2.05) is 4.90 Å². The lowest BCUT2D eigenvalue weighted by Gasteiger charge is -2.36. The number of nitrogens with zero attached hydrogens (tertiary/aromatic N) is 2. The van der Waals surface area contributed by atoms with Crippen molar-refractivity contribution < 1.29 is 27.5 Å². The summed E-state index contributed by atoms with van der Waals surface area (Å²) in [6.45, 7) is 3.66. The fraction of sp³-hybridized carbons (Fsp3) is 0.364. The molecule has 7 nitrogen and oxygen atoms in total. The molecular weight excluding hydrogens is 425 g/mol. The molecule has 0 aromatic heterocycles. The summed E-state index contributed by atoms with van der Waals surface area (Å²) in [6.07, 6.45) is -4.38. The average molecular weight is 450 g/mol. The Kier molecular flexibility index (Phi) is 7.45. The smallest absolute Gasteiger partial charge is 0.416 e. The van der Waals surface area contributed by atoms with Crippen molar-refractivity contribution in [2.24, 2.45) is 0 Å². The topological polar surface area (TPSA) is 73.9 Å². The van der Waals surface area contributed by atoms with E-state index in [0.717, 1.165) is 12.1 Å². The number of piperazine rings is 1. The maximum absolute atomic E-state index is 12.9. The zero-order chi connectivity index (χ0) is 23.1. The Labute approximate surface area is 184 Å². The van der Waals surface area contributed by atoms with Crippen molar-refractivity contribution in [2.75, 3.05) is 49.5 Å². The van der Waals surface area contributed by atoms with Gasteiger partial charge in [-0.3, -0.25) is 4.79 Å². The first-order valence-corrected chi connectivity index (χ1v) is 10.2. The lowest BCUT2D eigenvalue weighted by Crippen LogP contribution is -2.52. The number of urea groups is 1. The maximum atomic E-state index is 12.9. The van der Waals surface area contributed by atoms with Gasteiger partial charge in [0.25, 0.3) is 0 Å². The second-order valence-corrected chi connectivity index (χ2v) is 7.31. The SMILES string of the molecule is CC(=O)Nc1cccc(OCCNC(=O)N2CCN(c3cccc(C(F)(F)F)c3)CC2)c1. The summed E-state index contributed by atoms with van der Waals surface area (Å²) in [5, 5.41) is 5.45. The average Bonchev–Trinajstić information content (AvgIpc) is 2.76. The van der Waals surface area contributed by atoms with Crippen LogP contribution in [-0.4, -0.2) is 56.2 Å². The first kappa shape index (κ1) is 23.2. The maximum Gasteiger partial charge on any atom is 0.416 e. The summed E-state index contributed by atoms with van der Waals surface area (Å²) in [4.78, 5) is 26.9. The van der Waals surface area contributed by atoms with Crippen molar-refractivity contribution in [1.82, 2.24) is 10.2 Å². The van der Waals surface area contributed by atoms with Gasteiger partial charge in [-0.25, -0.2) is 4.79 Å². The van der Waals surface area contributed by atoms with Crippen molar-refractivity contribution in [3.63, 3.8) is 0 Å². The molecule has 1 aliphatic rings. The third kappa shape index (κ3) is 6.53. The first-order chi connectivity index (χ1) is 15.2. The van der Waals surface area contributed by atoms with Crippen LogP contribution in [0, 0.1) is 0 Å². The molecule has 0 unspecified atom stereocenters. The minimum atomic E-state index is -4.38. The highest BCUT2D eigenvalue weighted by atomic mass is 19.4. The molecule has 1 saturated heterocycles. The van der Waals surface area contributed by atoms with E-state index in [9.17, 15) is 22.8 Å². The van der Waals surface area contributed by atoms with Crippen molar-refractivity contribution in [2.45, 2.75) is 13.1 Å². The summed E-state index contributed by atoms with van der Waals surface area (Å²) in [5.41, 5.74) is 0.435. The number of carbonyl (C=O) groups is 2. The van der Waals surface area contributed by atoms with E-state index >= 15 is 0 Å². The fourth-order valence-electron chi connectivity index (χ4n) is 3.35. The predicted molar refractivity (Wildman–Crippen MR) is 115 cm³/mol. The Morgan fingerprint density at radius 2 is 1.75 bits per heavy atom. The number of carbonyl (C=O) groups excluding carboxylic acids is 2. The summed E-state index contributed by atoms with van der Waals surface area (Å²) in [5.74, 6) is 0.391. The molecule has 1 fully saturated rings. The van der Waals surface area contributed by atoms with Crippen molar-refractivity contribution in [3.8, 4) is 5.75 Å². The second-order valence-electron chi connectivity index (χ2n) is 7.31. The third-order valence-electron chi connectivity index (χ3n) is 4.91. The number of alkyl halides is 3. The minimum Gasteiger partial charge on any atom is -0.492 e. The molecule has 0 radical (unpaired) electrons. The molecule has 2 aromatic rings. The van der Waals surface area contributed by atoms with E-state index in [-0.39, 0.29) is 25.1 Å². The number of rotatable bonds is 6. The summed E-state index contributed by atoms with van der Waals surface area (Å²) < 4.78 is 44.4. The third-order valence-corrected chi connectivity index (χ3v) is 4.91. The summed E-state index contributed by atoms with van der Waals surface area (Å²) in [7, 11) is 0. The predicted octanol–water partition coefficient (Wildman–Crippen LogP) is 3.57. The monoisotopic (exact) mass is 450 g/mol. The normalized spacial score (nSPS) is 14.1. The zero-order valence-corrected chi connectivity index (χ0v) is 17.6. The van der Waals surface area contributed by atoms with Gasteiger partial charge in [-0.1, -0.05) is 12.1 Å². The molecule has 0 atom stereocenters. The van der Waals surface area contributed by atoms with Gasteiger partial charge in [0.1, 0.15) is 12.4 Å². The van der Waals surface area contributed by atoms with Gasteiger partial charge in [0.2, 0.25) is 5.91 Å². The van der Waals surface area contributed by atoms with E-state index in [1.54, 1.807) is 35.2 Å². The summed E-state index contributed by atoms with van der Waals surface area (Å²) >= 11 is 0. The van der Waals surface area contributed by atoms with Crippen molar-refractivity contribution in [3.05, 3.63) is 54.1 Å². The lowest BCUT2D eigenvalue weighted by molar-refractivity contribution is -0.137. The Balaban J connectivity index is 1.41. The van der Waals surface area contributed by atoms with Crippen molar-refractivity contribution >= 4 is 23.3 Å². The number of hydrogen-bond acceptors (Lipinski definition) is 4. The molecule has 172 valence electrons. The first-order valence-electron chi connectivity index (χ1n) is 10.2. The van der Waals surface area contributed by atoms with Gasteiger partial charge in [-0.2, -0.15) is 13.2 Å².